The molecule has 0 heterocycles. The van der Waals surface area contributed by atoms with Crippen LogP contribution in [-0.2, 0) is 4.79 Å². The third-order valence-corrected chi connectivity index (χ3v) is 1.69. The lowest BCUT2D eigenvalue weighted by molar-refractivity contribution is -0.129. The van der Waals surface area contributed by atoms with E-state index in [0.29, 0.717) is 0 Å². The van der Waals surface area contributed by atoms with Crippen LogP contribution in [0.4, 0.5) is 4.39 Å². The first-order valence-electron chi connectivity index (χ1n) is 3.79. The molecule has 3 N–H and O–H groups in total. The van der Waals surface area contributed by atoms with Crippen molar-refractivity contribution in [3.63, 3.8) is 0 Å². The average molecular weight is 183 g/mol. The molecule has 13 heavy (non-hydrogen) atoms. The zero-order valence-corrected chi connectivity index (χ0v) is 6.85. The number of benzene rings is 1. The molecular formula is C9H10FNO2. The van der Waals surface area contributed by atoms with E-state index in [-0.39, 0.29) is 5.56 Å². The fourth-order valence-corrected chi connectivity index (χ4v) is 0.963. The van der Waals surface area contributed by atoms with Crippen LogP contribution in [0.5, 0.6) is 0 Å². The van der Waals surface area contributed by atoms with Crippen LogP contribution >= 0.6 is 0 Å². The molecule has 0 aliphatic rings. The van der Waals surface area contributed by atoms with Crippen LogP contribution in [0, 0.1) is 0 Å². The number of carbonyl (C=O) groups excluding carboxylic acids is 1. The first-order chi connectivity index (χ1) is 6.13. The standard InChI is InChI=1S/C9H10FNO2/c10-7(8(12)9(11)13)6-4-2-1-3-5-6/h1-5,7-8,12H,(H2,11,13)/t7-,8?/m1/s1. The first-order valence-corrected chi connectivity index (χ1v) is 3.79. The van der Waals surface area contributed by atoms with Crippen LogP contribution in [0.2, 0.25) is 0 Å². The van der Waals surface area contributed by atoms with Crippen LogP contribution in [0.15, 0.2) is 30.3 Å². The van der Waals surface area contributed by atoms with Gasteiger partial charge in [-0.25, -0.2) is 4.39 Å². The molecule has 0 bridgehead atoms. The van der Waals surface area contributed by atoms with Gasteiger partial charge in [0, 0.05) is 0 Å². The second-order valence-electron chi connectivity index (χ2n) is 2.66. The lowest BCUT2D eigenvalue weighted by atomic mass is 10.1. The maximum atomic E-state index is 13.2. The zero-order valence-electron chi connectivity index (χ0n) is 6.85. The number of halogens is 1. The topological polar surface area (TPSA) is 63.3 Å². The van der Waals surface area contributed by atoms with E-state index in [1.165, 1.54) is 12.1 Å². The molecule has 1 amide bonds. The molecule has 0 saturated heterocycles. The van der Waals surface area contributed by atoms with Gasteiger partial charge in [-0.2, -0.15) is 0 Å². The summed E-state index contributed by atoms with van der Waals surface area (Å²) < 4.78 is 13.2. The summed E-state index contributed by atoms with van der Waals surface area (Å²) >= 11 is 0. The lowest BCUT2D eigenvalue weighted by Gasteiger charge is -2.11. The first kappa shape index (κ1) is 9.67. The molecule has 0 spiro atoms. The van der Waals surface area contributed by atoms with Crippen LogP contribution in [0.1, 0.15) is 11.7 Å². The third kappa shape index (κ3) is 2.26. The molecule has 4 heteroatoms. The van der Waals surface area contributed by atoms with Gasteiger partial charge >= 0.3 is 0 Å². The SMILES string of the molecule is NC(=O)C(O)[C@H](F)c1ccccc1. The van der Waals surface area contributed by atoms with E-state index in [2.05, 4.69) is 0 Å². The number of nitrogens with two attached hydrogens (primary N) is 1. The highest BCUT2D eigenvalue weighted by Crippen LogP contribution is 2.20. The normalized spacial score (nSPS) is 14.9. The van der Waals surface area contributed by atoms with Crippen molar-refractivity contribution in [1.82, 2.24) is 0 Å². The Balaban J connectivity index is 2.79. The van der Waals surface area contributed by atoms with E-state index in [1.54, 1.807) is 18.2 Å². The Bertz CT molecular complexity index is 289. The molecule has 1 aromatic carbocycles. The molecule has 0 aromatic heterocycles. The second-order valence-corrected chi connectivity index (χ2v) is 2.66. The Hall–Kier alpha value is -1.42. The molecule has 3 nitrogen and oxygen atoms in total. The zero-order chi connectivity index (χ0) is 9.84. The predicted octanol–water partition coefficient (Wildman–Crippen LogP) is 0.543. The summed E-state index contributed by atoms with van der Waals surface area (Å²) in [7, 11) is 0. The Morgan fingerprint density at radius 1 is 1.38 bits per heavy atom. The van der Waals surface area contributed by atoms with E-state index in [1.807, 2.05) is 0 Å². The van der Waals surface area contributed by atoms with E-state index in [4.69, 9.17) is 10.8 Å². The van der Waals surface area contributed by atoms with Crippen LogP contribution < -0.4 is 5.73 Å². The van der Waals surface area contributed by atoms with Crippen molar-refractivity contribution in [3.8, 4) is 0 Å². The lowest BCUT2D eigenvalue weighted by Crippen LogP contribution is -2.32. The smallest absolute Gasteiger partial charge is 0.249 e. The quantitative estimate of drug-likeness (QED) is 0.718. The third-order valence-electron chi connectivity index (χ3n) is 1.69. The van der Waals surface area contributed by atoms with E-state index in [0.717, 1.165) is 0 Å². The highest BCUT2D eigenvalue weighted by atomic mass is 19.1. The summed E-state index contributed by atoms with van der Waals surface area (Å²) in [5.41, 5.74) is 4.99. The van der Waals surface area contributed by atoms with Crippen molar-refractivity contribution in [1.29, 1.82) is 0 Å². The molecule has 0 aliphatic carbocycles. The molecule has 1 unspecified atom stereocenters. The number of hydrogen-bond acceptors (Lipinski definition) is 2. The minimum Gasteiger partial charge on any atom is -0.380 e. The molecule has 70 valence electrons. The van der Waals surface area contributed by atoms with Gasteiger partial charge in [0.25, 0.3) is 0 Å². The number of carbonyl (C=O) groups is 1. The molecule has 0 fully saturated rings. The van der Waals surface area contributed by atoms with E-state index >= 15 is 0 Å². The van der Waals surface area contributed by atoms with Crippen LogP contribution in [0.3, 0.4) is 0 Å². The van der Waals surface area contributed by atoms with Crippen LogP contribution in [0.25, 0.3) is 0 Å². The van der Waals surface area contributed by atoms with Gasteiger partial charge in [0.05, 0.1) is 0 Å². The summed E-state index contributed by atoms with van der Waals surface area (Å²) in [5, 5.41) is 9.00. The van der Waals surface area contributed by atoms with E-state index < -0.39 is 18.2 Å². The molecule has 2 atom stereocenters. The monoisotopic (exact) mass is 183 g/mol. The van der Waals surface area contributed by atoms with Gasteiger partial charge in [0.1, 0.15) is 0 Å². The maximum absolute atomic E-state index is 13.2. The Morgan fingerprint density at radius 2 is 1.92 bits per heavy atom. The fourth-order valence-electron chi connectivity index (χ4n) is 0.963. The number of hydrogen-bond donors (Lipinski definition) is 2. The summed E-state index contributed by atoms with van der Waals surface area (Å²) in [4.78, 5) is 10.4. The van der Waals surface area contributed by atoms with Gasteiger partial charge in [-0.05, 0) is 5.56 Å². The fraction of sp³-hybridized carbons (Fsp3) is 0.222. The Labute approximate surface area is 75.0 Å². The average Bonchev–Trinajstić information content (AvgIpc) is 2.17. The van der Waals surface area contributed by atoms with Crippen LogP contribution in [-0.4, -0.2) is 17.1 Å². The van der Waals surface area contributed by atoms with Crippen molar-refractivity contribution in [3.05, 3.63) is 35.9 Å². The Kier molecular flexibility index (Phi) is 2.97. The van der Waals surface area contributed by atoms with Gasteiger partial charge in [-0.3, -0.25) is 4.79 Å². The molecular weight excluding hydrogens is 173 g/mol. The second kappa shape index (κ2) is 4.00. The summed E-state index contributed by atoms with van der Waals surface area (Å²) in [6, 6.07) is 7.92. The van der Waals surface area contributed by atoms with Gasteiger partial charge in [0.2, 0.25) is 5.91 Å². The molecule has 1 aromatic rings. The van der Waals surface area contributed by atoms with Crippen molar-refractivity contribution in [2.24, 2.45) is 5.73 Å². The largest absolute Gasteiger partial charge is 0.380 e. The molecule has 0 radical (unpaired) electrons. The minimum absolute atomic E-state index is 0.244. The van der Waals surface area contributed by atoms with Crippen molar-refractivity contribution in [2.45, 2.75) is 12.3 Å². The molecule has 1 rings (SSSR count). The Morgan fingerprint density at radius 3 is 2.38 bits per heavy atom. The van der Waals surface area contributed by atoms with Gasteiger partial charge in [-0.15, -0.1) is 0 Å². The number of primary amides is 1. The van der Waals surface area contributed by atoms with E-state index in [9.17, 15) is 9.18 Å². The van der Waals surface area contributed by atoms with Gasteiger partial charge < -0.3 is 10.8 Å². The summed E-state index contributed by atoms with van der Waals surface area (Å²) in [6.07, 6.45) is -3.53. The van der Waals surface area contributed by atoms with Crippen molar-refractivity contribution in [2.75, 3.05) is 0 Å². The number of aliphatic hydroxyl groups excluding tert-OH is 1. The maximum Gasteiger partial charge on any atom is 0.249 e. The number of aliphatic hydroxyl groups is 1. The summed E-state index contributed by atoms with van der Waals surface area (Å²) in [6.45, 7) is 0. The van der Waals surface area contributed by atoms with Gasteiger partial charge in [-0.1, -0.05) is 30.3 Å². The minimum atomic E-state index is -1.78. The number of rotatable bonds is 3. The van der Waals surface area contributed by atoms with Crippen molar-refractivity contribution >= 4 is 5.91 Å². The van der Waals surface area contributed by atoms with Crippen molar-refractivity contribution < 1.29 is 14.3 Å². The number of alkyl halides is 1. The number of amides is 1. The highest BCUT2D eigenvalue weighted by Gasteiger charge is 2.24. The predicted molar refractivity (Wildman–Crippen MR) is 45.5 cm³/mol. The van der Waals surface area contributed by atoms with Gasteiger partial charge in [0.15, 0.2) is 12.3 Å². The molecule has 0 aliphatic heterocycles. The highest BCUT2D eigenvalue weighted by molar-refractivity contribution is 5.79. The molecule has 0 saturated carbocycles. The summed E-state index contributed by atoms with van der Waals surface area (Å²) in [5.74, 6) is -1.06.